The molecule has 0 amide bonds. The summed E-state index contributed by atoms with van der Waals surface area (Å²) < 4.78 is 37.3. The molecule has 0 radical (unpaired) electrons. The molecule has 0 aromatic heterocycles. The molecule has 1 rings (SSSR count). The Bertz CT molecular complexity index is 292. The maximum atomic E-state index is 12.4. The van der Waals surface area contributed by atoms with E-state index >= 15 is 0 Å². The summed E-state index contributed by atoms with van der Waals surface area (Å²) in [5, 5.41) is 8.71. The van der Waals surface area contributed by atoms with E-state index in [9.17, 15) is 18.0 Å². The summed E-state index contributed by atoms with van der Waals surface area (Å²) in [6.07, 6.45) is -1.40. The number of carbonyl (C=O) groups is 1. The number of hydrogen-bond acceptors (Lipinski definition) is 2. The lowest BCUT2D eigenvalue weighted by Gasteiger charge is -2.39. The molecule has 1 saturated carbocycles. The van der Waals surface area contributed by atoms with Gasteiger partial charge in [0.1, 0.15) is 0 Å². The van der Waals surface area contributed by atoms with Crippen molar-refractivity contribution >= 4 is 5.97 Å². The van der Waals surface area contributed by atoms with E-state index in [4.69, 9.17) is 5.11 Å². The monoisotopic (exact) mass is 267 g/mol. The van der Waals surface area contributed by atoms with Crippen molar-refractivity contribution in [3.63, 3.8) is 0 Å². The van der Waals surface area contributed by atoms with Crippen LogP contribution in [0.3, 0.4) is 0 Å². The van der Waals surface area contributed by atoms with Gasteiger partial charge >= 0.3 is 12.1 Å². The van der Waals surface area contributed by atoms with Crippen LogP contribution < -0.4 is 0 Å². The standard InChI is InChI=1S/C12H20F3NO2/c1-11(2)5-3-9(4-6-11)16(7-10(17)18)8-12(13,14)15/h9H,3-8H2,1-2H3,(H,17,18). The fourth-order valence-electron chi connectivity index (χ4n) is 2.47. The minimum absolute atomic E-state index is 0.156. The van der Waals surface area contributed by atoms with Gasteiger partial charge in [0, 0.05) is 6.04 Å². The van der Waals surface area contributed by atoms with Crippen LogP contribution in [0.4, 0.5) is 13.2 Å². The summed E-state index contributed by atoms with van der Waals surface area (Å²) in [7, 11) is 0. The van der Waals surface area contributed by atoms with Gasteiger partial charge in [-0.1, -0.05) is 13.8 Å². The van der Waals surface area contributed by atoms with Crippen molar-refractivity contribution in [3.8, 4) is 0 Å². The summed E-state index contributed by atoms with van der Waals surface area (Å²) >= 11 is 0. The van der Waals surface area contributed by atoms with E-state index in [2.05, 4.69) is 13.8 Å². The zero-order valence-corrected chi connectivity index (χ0v) is 10.8. The maximum Gasteiger partial charge on any atom is 0.401 e. The van der Waals surface area contributed by atoms with Crippen LogP contribution in [0.1, 0.15) is 39.5 Å². The van der Waals surface area contributed by atoms with Crippen LogP contribution in [0.25, 0.3) is 0 Å². The SMILES string of the molecule is CC1(C)CCC(N(CC(=O)O)CC(F)(F)F)CC1. The van der Waals surface area contributed by atoms with Crippen LogP contribution in [-0.2, 0) is 4.79 Å². The van der Waals surface area contributed by atoms with Gasteiger partial charge in [0.2, 0.25) is 0 Å². The van der Waals surface area contributed by atoms with Crippen molar-refractivity contribution in [3.05, 3.63) is 0 Å². The molecule has 0 aliphatic heterocycles. The first-order valence-electron chi connectivity index (χ1n) is 6.12. The van der Waals surface area contributed by atoms with Gasteiger partial charge in [-0.2, -0.15) is 13.2 Å². The first-order valence-corrected chi connectivity index (χ1v) is 6.12. The third-order valence-corrected chi connectivity index (χ3v) is 3.55. The van der Waals surface area contributed by atoms with Crippen molar-refractivity contribution in [2.24, 2.45) is 5.41 Å². The van der Waals surface area contributed by atoms with Crippen molar-refractivity contribution in [2.75, 3.05) is 13.1 Å². The molecule has 0 aromatic rings. The van der Waals surface area contributed by atoms with E-state index in [1.54, 1.807) is 0 Å². The van der Waals surface area contributed by atoms with Crippen molar-refractivity contribution in [2.45, 2.75) is 51.7 Å². The lowest BCUT2D eigenvalue weighted by atomic mass is 9.75. The molecule has 0 aromatic carbocycles. The zero-order valence-electron chi connectivity index (χ0n) is 10.8. The maximum absolute atomic E-state index is 12.4. The van der Waals surface area contributed by atoms with Crippen LogP contribution in [0.15, 0.2) is 0 Å². The van der Waals surface area contributed by atoms with Gasteiger partial charge in [-0.05, 0) is 31.1 Å². The summed E-state index contributed by atoms with van der Waals surface area (Å²) in [5.41, 5.74) is 0.156. The number of hydrogen-bond donors (Lipinski definition) is 1. The highest BCUT2D eigenvalue weighted by atomic mass is 19.4. The minimum atomic E-state index is -4.34. The van der Waals surface area contributed by atoms with Crippen LogP contribution >= 0.6 is 0 Å². The number of aliphatic carboxylic acids is 1. The minimum Gasteiger partial charge on any atom is -0.480 e. The molecular formula is C12H20F3NO2. The molecule has 18 heavy (non-hydrogen) atoms. The van der Waals surface area contributed by atoms with Crippen LogP contribution in [0.5, 0.6) is 0 Å². The predicted molar refractivity (Wildman–Crippen MR) is 61.3 cm³/mol. The van der Waals surface area contributed by atoms with Crippen LogP contribution in [0.2, 0.25) is 0 Å². The Hall–Kier alpha value is -0.780. The quantitative estimate of drug-likeness (QED) is 0.851. The third-order valence-electron chi connectivity index (χ3n) is 3.55. The highest BCUT2D eigenvalue weighted by Gasteiger charge is 2.37. The fraction of sp³-hybridized carbons (Fsp3) is 0.917. The summed E-state index contributed by atoms with van der Waals surface area (Å²) in [6, 6.07) is -0.268. The Morgan fingerprint density at radius 1 is 1.33 bits per heavy atom. The van der Waals surface area contributed by atoms with E-state index in [0.717, 1.165) is 17.7 Å². The average Bonchev–Trinajstić information content (AvgIpc) is 2.13. The van der Waals surface area contributed by atoms with E-state index in [1.165, 1.54) is 0 Å². The second kappa shape index (κ2) is 5.47. The molecule has 0 atom stereocenters. The topological polar surface area (TPSA) is 40.5 Å². The number of carboxylic acids is 1. The molecule has 0 spiro atoms. The van der Waals surface area contributed by atoms with E-state index in [0.29, 0.717) is 12.8 Å². The average molecular weight is 267 g/mol. The highest BCUT2D eigenvalue weighted by molar-refractivity contribution is 5.69. The summed E-state index contributed by atoms with van der Waals surface area (Å²) in [6.45, 7) is 2.51. The largest absolute Gasteiger partial charge is 0.480 e. The lowest BCUT2D eigenvalue weighted by molar-refractivity contribution is -0.160. The number of halogens is 3. The molecule has 1 aliphatic carbocycles. The van der Waals surface area contributed by atoms with Gasteiger partial charge in [-0.15, -0.1) is 0 Å². The summed E-state index contributed by atoms with van der Waals surface area (Å²) in [5.74, 6) is -1.20. The Kier molecular flexibility index (Phi) is 4.64. The molecule has 0 unspecified atom stereocenters. The number of carboxylic acid groups (broad SMARTS) is 1. The molecule has 0 heterocycles. The van der Waals surface area contributed by atoms with Gasteiger partial charge in [0.25, 0.3) is 0 Å². The number of nitrogens with zero attached hydrogens (tertiary/aromatic N) is 1. The third kappa shape index (κ3) is 5.25. The summed E-state index contributed by atoms with van der Waals surface area (Å²) in [4.78, 5) is 11.7. The Morgan fingerprint density at radius 2 is 1.83 bits per heavy atom. The number of alkyl halides is 3. The van der Waals surface area contributed by atoms with E-state index < -0.39 is 25.2 Å². The molecule has 6 heteroatoms. The molecule has 106 valence electrons. The Morgan fingerprint density at radius 3 is 2.22 bits per heavy atom. The van der Waals surface area contributed by atoms with Gasteiger partial charge < -0.3 is 5.11 Å². The molecular weight excluding hydrogens is 247 g/mol. The normalized spacial score (nSPS) is 21.2. The molecule has 3 nitrogen and oxygen atoms in total. The molecule has 1 aliphatic rings. The van der Waals surface area contributed by atoms with Crippen molar-refractivity contribution < 1.29 is 23.1 Å². The van der Waals surface area contributed by atoms with Crippen molar-refractivity contribution in [1.82, 2.24) is 4.90 Å². The van der Waals surface area contributed by atoms with Gasteiger partial charge in [-0.3, -0.25) is 9.69 Å². The molecule has 1 fully saturated rings. The highest BCUT2D eigenvalue weighted by Crippen LogP contribution is 2.37. The molecule has 0 saturated heterocycles. The van der Waals surface area contributed by atoms with Crippen molar-refractivity contribution in [1.29, 1.82) is 0 Å². The van der Waals surface area contributed by atoms with E-state index in [1.807, 2.05) is 0 Å². The van der Waals surface area contributed by atoms with Crippen LogP contribution in [0, 0.1) is 5.41 Å². The van der Waals surface area contributed by atoms with Gasteiger partial charge in [0.15, 0.2) is 0 Å². The Labute approximate surface area is 105 Å². The Balaban J connectivity index is 2.63. The van der Waals surface area contributed by atoms with E-state index in [-0.39, 0.29) is 11.5 Å². The first-order chi connectivity index (χ1) is 8.09. The zero-order chi connectivity index (χ0) is 14.0. The number of rotatable bonds is 4. The molecule has 1 N–H and O–H groups in total. The predicted octanol–water partition coefficient (Wildman–Crippen LogP) is 2.90. The van der Waals surface area contributed by atoms with Gasteiger partial charge in [-0.25, -0.2) is 0 Å². The fourth-order valence-corrected chi connectivity index (χ4v) is 2.47. The lowest BCUT2D eigenvalue weighted by Crippen LogP contribution is -2.46. The first kappa shape index (κ1) is 15.3. The second-order valence-corrected chi connectivity index (χ2v) is 5.81. The second-order valence-electron chi connectivity index (χ2n) is 5.81. The smallest absolute Gasteiger partial charge is 0.401 e. The van der Waals surface area contributed by atoms with Gasteiger partial charge in [0.05, 0.1) is 13.1 Å². The van der Waals surface area contributed by atoms with Crippen LogP contribution in [-0.4, -0.2) is 41.3 Å². The molecule has 0 bridgehead atoms.